The minimum atomic E-state index is -0.517. The molecule has 0 aromatic carbocycles. The van der Waals surface area contributed by atoms with Crippen molar-refractivity contribution in [3.05, 3.63) is 24.0 Å². The molecule has 1 aromatic heterocycles. The van der Waals surface area contributed by atoms with E-state index in [0.29, 0.717) is 5.69 Å². The SMILES string of the molecule is CCCCSNC(CCC)c1cncc(NC(=O)OC(C)(C)C)c1. The fraction of sp³-hybridized carbons (Fsp3) is 0.667. The topological polar surface area (TPSA) is 63.2 Å². The number of carbonyl (C=O) groups excluding carboxylic acids is 1. The molecule has 0 bridgehead atoms. The normalized spacial score (nSPS) is 12.7. The summed E-state index contributed by atoms with van der Waals surface area (Å²) in [5.41, 5.74) is 1.22. The molecule has 1 heterocycles. The van der Waals surface area contributed by atoms with Gasteiger partial charge in [-0.15, -0.1) is 0 Å². The Hall–Kier alpha value is -1.27. The van der Waals surface area contributed by atoms with Crippen LogP contribution in [0.1, 0.15) is 71.9 Å². The quantitative estimate of drug-likeness (QED) is 0.465. The van der Waals surface area contributed by atoms with Crippen molar-refractivity contribution in [2.45, 2.75) is 71.9 Å². The van der Waals surface area contributed by atoms with Gasteiger partial charge in [-0.2, -0.15) is 0 Å². The number of unbranched alkanes of at least 4 members (excludes halogenated alkanes) is 1. The second-order valence-electron chi connectivity index (χ2n) is 6.79. The Morgan fingerprint density at radius 1 is 1.29 bits per heavy atom. The van der Waals surface area contributed by atoms with Crippen LogP contribution in [-0.2, 0) is 4.74 Å². The molecule has 24 heavy (non-hydrogen) atoms. The summed E-state index contributed by atoms with van der Waals surface area (Å²) in [6.07, 6.45) is 7.54. The summed E-state index contributed by atoms with van der Waals surface area (Å²) in [5.74, 6) is 1.10. The number of carbonyl (C=O) groups is 1. The molecular weight excluding hydrogens is 322 g/mol. The number of rotatable bonds is 9. The summed E-state index contributed by atoms with van der Waals surface area (Å²) >= 11 is 1.76. The number of hydrogen-bond donors (Lipinski definition) is 2. The van der Waals surface area contributed by atoms with E-state index in [1.54, 1.807) is 18.1 Å². The molecule has 1 rings (SSSR count). The molecule has 0 fully saturated rings. The Bertz CT molecular complexity index is 503. The molecule has 6 heteroatoms. The second-order valence-corrected chi connectivity index (χ2v) is 7.73. The molecule has 0 aliphatic heterocycles. The first-order chi connectivity index (χ1) is 11.4. The smallest absolute Gasteiger partial charge is 0.412 e. The van der Waals surface area contributed by atoms with Crippen LogP contribution in [0.4, 0.5) is 10.5 Å². The van der Waals surface area contributed by atoms with Gasteiger partial charge in [0.1, 0.15) is 5.60 Å². The Balaban J connectivity index is 2.70. The molecule has 1 unspecified atom stereocenters. The highest BCUT2D eigenvalue weighted by Gasteiger charge is 2.17. The van der Waals surface area contributed by atoms with Gasteiger partial charge in [0, 0.05) is 18.0 Å². The molecule has 5 nitrogen and oxygen atoms in total. The van der Waals surface area contributed by atoms with Crippen molar-refractivity contribution in [3.63, 3.8) is 0 Å². The minimum Gasteiger partial charge on any atom is -0.444 e. The van der Waals surface area contributed by atoms with Crippen LogP contribution in [0.5, 0.6) is 0 Å². The number of pyridine rings is 1. The third kappa shape index (κ3) is 8.55. The van der Waals surface area contributed by atoms with E-state index >= 15 is 0 Å². The van der Waals surface area contributed by atoms with Crippen LogP contribution >= 0.6 is 11.9 Å². The predicted molar refractivity (Wildman–Crippen MR) is 102 cm³/mol. The summed E-state index contributed by atoms with van der Waals surface area (Å²) < 4.78 is 8.81. The standard InChI is InChI=1S/C18H31N3O2S/c1-6-8-10-24-21-16(9-7-2)14-11-15(13-19-12-14)20-17(22)23-18(3,4)5/h11-13,16,21H,6-10H2,1-5H3,(H,20,22). The Morgan fingerprint density at radius 2 is 2.04 bits per heavy atom. The lowest BCUT2D eigenvalue weighted by Crippen LogP contribution is -2.27. The van der Waals surface area contributed by atoms with Crippen molar-refractivity contribution in [2.75, 3.05) is 11.1 Å². The Morgan fingerprint density at radius 3 is 2.67 bits per heavy atom. The lowest BCUT2D eigenvalue weighted by Gasteiger charge is -2.21. The average Bonchev–Trinajstić information content (AvgIpc) is 2.48. The molecule has 0 aliphatic rings. The third-order valence-electron chi connectivity index (χ3n) is 3.21. The van der Waals surface area contributed by atoms with Crippen LogP contribution in [0.15, 0.2) is 18.5 Å². The van der Waals surface area contributed by atoms with Crippen molar-refractivity contribution < 1.29 is 9.53 Å². The van der Waals surface area contributed by atoms with Gasteiger partial charge in [0.25, 0.3) is 0 Å². The van der Waals surface area contributed by atoms with Crippen LogP contribution in [0.2, 0.25) is 0 Å². The fourth-order valence-corrected chi connectivity index (χ4v) is 3.10. The molecule has 136 valence electrons. The van der Waals surface area contributed by atoms with Gasteiger partial charge in [-0.3, -0.25) is 15.0 Å². The summed E-state index contributed by atoms with van der Waals surface area (Å²) in [6, 6.07) is 2.19. The molecule has 0 saturated heterocycles. The minimum absolute atomic E-state index is 0.227. The first kappa shape index (κ1) is 20.8. The molecular formula is C18H31N3O2S. The number of anilines is 1. The van der Waals surface area contributed by atoms with Gasteiger partial charge in [0.15, 0.2) is 0 Å². The fourth-order valence-electron chi connectivity index (χ4n) is 2.10. The summed E-state index contributed by atoms with van der Waals surface area (Å²) in [7, 11) is 0. The molecule has 0 radical (unpaired) electrons. The number of amides is 1. The number of hydrogen-bond acceptors (Lipinski definition) is 5. The number of ether oxygens (including phenoxy) is 1. The Labute approximate surface area is 150 Å². The van der Waals surface area contributed by atoms with Crippen molar-refractivity contribution in [1.29, 1.82) is 0 Å². The van der Waals surface area contributed by atoms with E-state index in [1.165, 1.54) is 12.8 Å². The van der Waals surface area contributed by atoms with Crippen molar-refractivity contribution in [1.82, 2.24) is 9.71 Å². The summed E-state index contributed by atoms with van der Waals surface area (Å²) in [4.78, 5) is 16.2. The van der Waals surface area contributed by atoms with E-state index in [1.807, 2.05) is 33.0 Å². The van der Waals surface area contributed by atoms with Gasteiger partial charge in [0.2, 0.25) is 0 Å². The summed E-state index contributed by atoms with van der Waals surface area (Å²) in [6.45, 7) is 9.89. The predicted octanol–water partition coefficient (Wildman–Crippen LogP) is 5.31. The number of nitrogens with zero attached hydrogens (tertiary/aromatic N) is 1. The van der Waals surface area contributed by atoms with Crippen molar-refractivity contribution in [2.24, 2.45) is 0 Å². The molecule has 0 aliphatic carbocycles. The van der Waals surface area contributed by atoms with E-state index in [9.17, 15) is 4.79 Å². The van der Waals surface area contributed by atoms with Gasteiger partial charge in [-0.05, 0) is 45.2 Å². The van der Waals surface area contributed by atoms with E-state index in [-0.39, 0.29) is 6.04 Å². The summed E-state index contributed by atoms with van der Waals surface area (Å²) in [5, 5.41) is 2.75. The number of nitrogens with one attached hydrogen (secondary N) is 2. The van der Waals surface area contributed by atoms with Crippen LogP contribution in [0.3, 0.4) is 0 Å². The first-order valence-electron chi connectivity index (χ1n) is 8.68. The maximum atomic E-state index is 11.9. The first-order valence-corrected chi connectivity index (χ1v) is 9.66. The van der Waals surface area contributed by atoms with Crippen molar-refractivity contribution >= 4 is 23.7 Å². The maximum Gasteiger partial charge on any atom is 0.412 e. The van der Waals surface area contributed by atoms with Gasteiger partial charge >= 0.3 is 6.09 Å². The zero-order valence-corrected chi connectivity index (χ0v) is 16.3. The Kier molecular flexibility index (Phi) is 9.14. The third-order valence-corrected chi connectivity index (χ3v) is 4.15. The van der Waals surface area contributed by atoms with E-state index < -0.39 is 11.7 Å². The lowest BCUT2D eigenvalue weighted by atomic mass is 10.1. The molecule has 0 spiro atoms. The van der Waals surface area contributed by atoms with Crippen molar-refractivity contribution in [3.8, 4) is 0 Å². The molecule has 2 N–H and O–H groups in total. The maximum absolute atomic E-state index is 11.9. The highest BCUT2D eigenvalue weighted by Crippen LogP contribution is 2.23. The van der Waals surface area contributed by atoms with Crippen LogP contribution in [-0.4, -0.2) is 22.4 Å². The highest BCUT2D eigenvalue weighted by molar-refractivity contribution is 7.97. The zero-order chi connectivity index (χ0) is 18.0. The van der Waals surface area contributed by atoms with Gasteiger partial charge in [0.05, 0.1) is 11.9 Å². The molecule has 0 saturated carbocycles. The largest absolute Gasteiger partial charge is 0.444 e. The lowest BCUT2D eigenvalue weighted by molar-refractivity contribution is 0.0636. The molecule has 1 aromatic rings. The van der Waals surface area contributed by atoms with Crippen LogP contribution < -0.4 is 10.0 Å². The van der Waals surface area contributed by atoms with Gasteiger partial charge < -0.3 is 4.74 Å². The second kappa shape index (κ2) is 10.6. The van der Waals surface area contributed by atoms with E-state index in [2.05, 4.69) is 28.9 Å². The molecule has 1 atom stereocenters. The monoisotopic (exact) mass is 353 g/mol. The van der Waals surface area contributed by atoms with Gasteiger partial charge in [-0.1, -0.05) is 38.6 Å². The van der Waals surface area contributed by atoms with E-state index in [0.717, 1.165) is 24.2 Å². The van der Waals surface area contributed by atoms with Gasteiger partial charge in [-0.25, -0.2) is 4.79 Å². The molecule has 1 amide bonds. The average molecular weight is 354 g/mol. The van der Waals surface area contributed by atoms with E-state index in [4.69, 9.17) is 4.74 Å². The van der Waals surface area contributed by atoms with Crippen LogP contribution in [0, 0.1) is 0 Å². The number of aromatic nitrogens is 1. The van der Waals surface area contributed by atoms with Crippen LogP contribution in [0.25, 0.3) is 0 Å². The highest BCUT2D eigenvalue weighted by atomic mass is 32.2. The zero-order valence-electron chi connectivity index (χ0n) is 15.5.